The highest BCUT2D eigenvalue weighted by atomic mass is 16.4. The maximum Gasteiger partial charge on any atom is 0.323 e. The number of rotatable bonds is 5. The second-order valence-electron chi connectivity index (χ2n) is 4.71. The quantitative estimate of drug-likeness (QED) is 0.878. The summed E-state index contributed by atoms with van der Waals surface area (Å²) in [6.45, 7) is 2.22. The van der Waals surface area contributed by atoms with Crippen molar-refractivity contribution in [1.82, 2.24) is 0 Å². The van der Waals surface area contributed by atoms with E-state index in [0.29, 0.717) is 12.1 Å². The summed E-state index contributed by atoms with van der Waals surface area (Å²) in [7, 11) is 0. The molecule has 2 aromatic rings. The zero-order chi connectivity index (χ0) is 14.5. The maximum atomic E-state index is 11.0. The van der Waals surface area contributed by atoms with Crippen molar-refractivity contribution in [2.75, 3.05) is 11.4 Å². The summed E-state index contributed by atoms with van der Waals surface area (Å²) in [6.07, 6.45) is 0. The molecule has 0 heterocycles. The van der Waals surface area contributed by atoms with Crippen LogP contribution in [0.4, 0.5) is 5.69 Å². The normalized spacial score (nSPS) is 10.2. The van der Waals surface area contributed by atoms with Gasteiger partial charge >= 0.3 is 5.97 Å². The van der Waals surface area contributed by atoms with E-state index in [1.165, 1.54) is 0 Å². The Balaban J connectivity index is 2.26. The van der Waals surface area contributed by atoms with Gasteiger partial charge in [-0.3, -0.25) is 4.79 Å². The van der Waals surface area contributed by atoms with E-state index >= 15 is 0 Å². The molecule has 0 aliphatic heterocycles. The maximum absolute atomic E-state index is 11.0. The molecule has 0 spiro atoms. The zero-order valence-electron chi connectivity index (χ0n) is 11.3. The van der Waals surface area contributed by atoms with Crippen molar-refractivity contribution < 1.29 is 15.0 Å². The van der Waals surface area contributed by atoms with Crippen LogP contribution in [0.15, 0.2) is 48.5 Å². The van der Waals surface area contributed by atoms with Crippen molar-refractivity contribution in [1.29, 1.82) is 0 Å². The van der Waals surface area contributed by atoms with Gasteiger partial charge in [-0.2, -0.15) is 0 Å². The topological polar surface area (TPSA) is 60.8 Å². The average Bonchev–Trinajstić information content (AvgIpc) is 2.41. The van der Waals surface area contributed by atoms with Crippen molar-refractivity contribution in [2.24, 2.45) is 0 Å². The molecular formula is C16H17NO3. The van der Waals surface area contributed by atoms with Crippen molar-refractivity contribution in [3.05, 3.63) is 59.7 Å². The lowest BCUT2D eigenvalue weighted by molar-refractivity contribution is -0.135. The van der Waals surface area contributed by atoms with Gasteiger partial charge in [0.1, 0.15) is 12.3 Å². The number of phenols is 1. The third-order valence-corrected chi connectivity index (χ3v) is 3.08. The number of carboxylic acid groups (broad SMARTS) is 1. The lowest BCUT2D eigenvalue weighted by atomic mass is 10.1. The number of phenolic OH excluding ortho intramolecular Hbond substituents is 1. The minimum absolute atomic E-state index is 0.114. The smallest absolute Gasteiger partial charge is 0.323 e. The predicted molar refractivity (Wildman–Crippen MR) is 78.0 cm³/mol. The van der Waals surface area contributed by atoms with Crippen LogP contribution in [0, 0.1) is 6.92 Å². The molecule has 2 aromatic carbocycles. The molecule has 4 nitrogen and oxygen atoms in total. The van der Waals surface area contributed by atoms with Crippen LogP contribution in [0.25, 0.3) is 0 Å². The molecule has 4 heteroatoms. The SMILES string of the molecule is Cc1ccc(N(CC(=O)O)Cc2ccccc2O)cc1. The first-order valence-corrected chi connectivity index (χ1v) is 6.36. The largest absolute Gasteiger partial charge is 0.508 e. The third kappa shape index (κ3) is 3.51. The average molecular weight is 271 g/mol. The van der Waals surface area contributed by atoms with E-state index in [4.69, 9.17) is 5.11 Å². The van der Waals surface area contributed by atoms with Gasteiger partial charge in [0.2, 0.25) is 0 Å². The van der Waals surface area contributed by atoms with Crippen LogP contribution in [0.3, 0.4) is 0 Å². The number of para-hydroxylation sites is 1. The van der Waals surface area contributed by atoms with Gasteiger partial charge in [-0.15, -0.1) is 0 Å². The molecule has 2 N–H and O–H groups in total. The minimum Gasteiger partial charge on any atom is -0.508 e. The van der Waals surface area contributed by atoms with Crippen LogP contribution in [-0.2, 0) is 11.3 Å². The van der Waals surface area contributed by atoms with Gasteiger partial charge in [0.15, 0.2) is 0 Å². The van der Waals surface area contributed by atoms with Crippen LogP contribution >= 0.6 is 0 Å². The number of hydrogen-bond donors (Lipinski definition) is 2. The van der Waals surface area contributed by atoms with Gasteiger partial charge in [0, 0.05) is 17.8 Å². The number of hydrogen-bond acceptors (Lipinski definition) is 3. The first kappa shape index (κ1) is 13.9. The zero-order valence-corrected chi connectivity index (χ0v) is 11.3. The molecule has 0 saturated heterocycles. The van der Waals surface area contributed by atoms with Gasteiger partial charge < -0.3 is 15.1 Å². The molecular weight excluding hydrogens is 254 g/mol. The first-order valence-electron chi connectivity index (χ1n) is 6.36. The number of aliphatic carboxylic acids is 1. The summed E-state index contributed by atoms with van der Waals surface area (Å²) < 4.78 is 0. The number of nitrogens with zero attached hydrogens (tertiary/aromatic N) is 1. The van der Waals surface area contributed by atoms with E-state index in [1.54, 1.807) is 23.1 Å². The third-order valence-electron chi connectivity index (χ3n) is 3.08. The standard InChI is InChI=1S/C16H17NO3/c1-12-6-8-14(9-7-12)17(11-16(19)20)10-13-4-2-3-5-15(13)18/h2-9,18H,10-11H2,1H3,(H,19,20). The summed E-state index contributed by atoms with van der Waals surface area (Å²) in [5.41, 5.74) is 2.64. The highest BCUT2D eigenvalue weighted by Gasteiger charge is 2.13. The van der Waals surface area contributed by atoms with Crippen LogP contribution in [0.2, 0.25) is 0 Å². The molecule has 0 saturated carbocycles. The van der Waals surface area contributed by atoms with Gasteiger partial charge in [0.05, 0.1) is 0 Å². The fourth-order valence-corrected chi connectivity index (χ4v) is 2.01. The Bertz CT molecular complexity index is 593. The monoisotopic (exact) mass is 271 g/mol. The molecule has 0 fully saturated rings. The molecule has 0 radical (unpaired) electrons. The number of benzene rings is 2. The molecule has 104 valence electrons. The van der Waals surface area contributed by atoms with Crippen molar-refractivity contribution in [2.45, 2.75) is 13.5 Å². The molecule has 20 heavy (non-hydrogen) atoms. The Kier molecular flexibility index (Phi) is 4.25. The van der Waals surface area contributed by atoms with Crippen LogP contribution < -0.4 is 4.90 Å². The Labute approximate surface area is 117 Å². The molecule has 0 aliphatic carbocycles. The van der Waals surface area contributed by atoms with Crippen molar-refractivity contribution in [3.8, 4) is 5.75 Å². The van der Waals surface area contributed by atoms with Crippen molar-refractivity contribution in [3.63, 3.8) is 0 Å². The molecule has 0 bridgehead atoms. The van der Waals surface area contributed by atoms with E-state index in [9.17, 15) is 9.90 Å². The van der Waals surface area contributed by atoms with Gasteiger partial charge in [-0.05, 0) is 25.1 Å². The van der Waals surface area contributed by atoms with E-state index in [-0.39, 0.29) is 12.3 Å². The van der Waals surface area contributed by atoms with E-state index in [0.717, 1.165) is 11.3 Å². The highest BCUT2D eigenvalue weighted by Crippen LogP contribution is 2.22. The second kappa shape index (κ2) is 6.10. The molecule has 2 rings (SSSR count). The number of aromatic hydroxyl groups is 1. The number of aryl methyl sites for hydroxylation is 1. The fraction of sp³-hybridized carbons (Fsp3) is 0.188. The lowest BCUT2D eigenvalue weighted by Crippen LogP contribution is -2.29. The van der Waals surface area contributed by atoms with E-state index in [1.807, 2.05) is 37.3 Å². The number of carbonyl (C=O) groups is 1. The summed E-state index contributed by atoms with van der Waals surface area (Å²) >= 11 is 0. The van der Waals surface area contributed by atoms with Gasteiger partial charge in [-0.25, -0.2) is 0 Å². The molecule has 0 atom stereocenters. The second-order valence-corrected chi connectivity index (χ2v) is 4.71. The molecule has 0 aliphatic rings. The predicted octanol–water partition coefficient (Wildman–Crippen LogP) is 2.79. The summed E-state index contributed by atoms with van der Waals surface area (Å²) in [4.78, 5) is 12.7. The van der Waals surface area contributed by atoms with Gasteiger partial charge in [0.25, 0.3) is 0 Å². The van der Waals surface area contributed by atoms with Crippen LogP contribution in [-0.4, -0.2) is 22.7 Å². The number of carboxylic acids is 1. The van der Waals surface area contributed by atoms with E-state index in [2.05, 4.69) is 0 Å². The van der Waals surface area contributed by atoms with Crippen LogP contribution in [0.5, 0.6) is 5.75 Å². The molecule has 0 aromatic heterocycles. The Morgan fingerprint density at radius 2 is 1.75 bits per heavy atom. The highest BCUT2D eigenvalue weighted by molar-refractivity contribution is 5.73. The fourth-order valence-electron chi connectivity index (χ4n) is 2.01. The summed E-state index contributed by atoms with van der Waals surface area (Å²) in [5.74, 6) is -0.726. The number of anilines is 1. The Morgan fingerprint density at radius 1 is 1.10 bits per heavy atom. The first-order chi connectivity index (χ1) is 9.56. The van der Waals surface area contributed by atoms with Crippen molar-refractivity contribution >= 4 is 11.7 Å². The van der Waals surface area contributed by atoms with Crippen LogP contribution in [0.1, 0.15) is 11.1 Å². The Morgan fingerprint density at radius 3 is 2.35 bits per heavy atom. The minimum atomic E-state index is -0.902. The van der Waals surface area contributed by atoms with Gasteiger partial charge in [-0.1, -0.05) is 35.9 Å². The van der Waals surface area contributed by atoms with E-state index < -0.39 is 5.97 Å². The molecule has 0 unspecified atom stereocenters. The Hall–Kier alpha value is -2.49. The molecule has 0 amide bonds. The summed E-state index contributed by atoms with van der Waals surface area (Å²) in [5, 5.41) is 18.9. The lowest BCUT2D eigenvalue weighted by Gasteiger charge is -2.23. The summed E-state index contributed by atoms with van der Waals surface area (Å²) in [6, 6.07) is 14.6.